The highest BCUT2D eigenvalue weighted by molar-refractivity contribution is 7.98. The van der Waals surface area contributed by atoms with Crippen LogP contribution in [0.5, 0.6) is 0 Å². The molecule has 0 aliphatic heterocycles. The second-order valence-electron chi connectivity index (χ2n) is 6.07. The van der Waals surface area contributed by atoms with Crippen LogP contribution in [0.15, 0.2) is 55.1 Å². The summed E-state index contributed by atoms with van der Waals surface area (Å²) in [5.41, 5.74) is 2.80. The van der Waals surface area contributed by atoms with Crippen molar-refractivity contribution >= 4 is 41.8 Å². The Morgan fingerprint density at radius 3 is 2.30 bits per heavy atom. The fourth-order valence-electron chi connectivity index (χ4n) is 2.44. The maximum Gasteiger partial charge on any atom is 0.351 e. The lowest BCUT2D eigenvalue weighted by Gasteiger charge is -2.08. The lowest BCUT2D eigenvalue weighted by atomic mass is 10.1. The van der Waals surface area contributed by atoms with Crippen LogP contribution in [0.1, 0.15) is 38.8 Å². The number of hydrogen-bond acceptors (Lipinski definition) is 7. The summed E-state index contributed by atoms with van der Waals surface area (Å²) in [6.45, 7) is 6.82. The normalized spacial score (nSPS) is 10.4. The van der Waals surface area contributed by atoms with Gasteiger partial charge in [-0.3, -0.25) is 0 Å². The fourth-order valence-corrected chi connectivity index (χ4v) is 3.72. The van der Waals surface area contributed by atoms with Crippen LogP contribution in [-0.4, -0.2) is 43.3 Å². The van der Waals surface area contributed by atoms with E-state index in [1.807, 2.05) is 17.8 Å². The van der Waals surface area contributed by atoms with E-state index >= 15 is 0 Å². The minimum absolute atomic E-state index is 0.196. The standard InChI is InChI=1S/C23H26O5S2/c1-3-18-9-11-19(12-10-18)17-29-15-13-26-14-16-30-28-23(25)21-8-6-5-7-20(21)22(24)27-4-2/h3,5-12H,1,4,13-17H2,2H3. The minimum atomic E-state index is -0.568. The predicted octanol–water partition coefficient (Wildman–Crippen LogP) is 5.26. The second kappa shape index (κ2) is 13.9. The maximum absolute atomic E-state index is 12.2. The van der Waals surface area contributed by atoms with Crippen molar-refractivity contribution in [1.82, 2.24) is 0 Å². The van der Waals surface area contributed by atoms with E-state index in [4.69, 9.17) is 13.7 Å². The molecule has 0 aromatic heterocycles. The number of esters is 1. The van der Waals surface area contributed by atoms with Gasteiger partial charge in [0.25, 0.3) is 0 Å². The summed E-state index contributed by atoms with van der Waals surface area (Å²) in [5.74, 6) is 1.24. The van der Waals surface area contributed by atoms with Crippen LogP contribution in [0.3, 0.4) is 0 Å². The summed E-state index contributed by atoms with van der Waals surface area (Å²) in [7, 11) is 0. The lowest BCUT2D eigenvalue weighted by Crippen LogP contribution is -2.12. The summed E-state index contributed by atoms with van der Waals surface area (Å²) < 4.78 is 15.7. The highest BCUT2D eigenvalue weighted by atomic mass is 32.2. The van der Waals surface area contributed by atoms with Gasteiger partial charge in [0, 0.05) is 11.5 Å². The number of rotatable bonds is 13. The predicted molar refractivity (Wildman–Crippen MR) is 124 cm³/mol. The zero-order valence-electron chi connectivity index (χ0n) is 17.0. The molecular formula is C23H26O5S2. The van der Waals surface area contributed by atoms with Gasteiger partial charge in [-0.15, -0.1) is 0 Å². The van der Waals surface area contributed by atoms with Crippen molar-refractivity contribution in [3.05, 3.63) is 77.4 Å². The topological polar surface area (TPSA) is 61.8 Å². The molecule has 0 aliphatic rings. The van der Waals surface area contributed by atoms with Crippen LogP contribution < -0.4 is 0 Å². The first kappa shape index (κ1) is 24.1. The maximum atomic E-state index is 12.2. The van der Waals surface area contributed by atoms with Crippen LogP contribution in [-0.2, 0) is 19.4 Å². The smallest absolute Gasteiger partial charge is 0.351 e. The third kappa shape index (κ3) is 8.26. The monoisotopic (exact) mass is 446 g/mol. The average Bonchev–Trinajstić information content (AvgIpc) is 2.78. The zero-order valence-corrected chi connectivity index (χ0v) is 18.6. The third-order valence-electron chi connectivity index (χ3n) is 3.94. The van der Waals surface area contributed by atoms with Crippen molar-refractivity contribution in [2.24, 2.45) is 0 Å². The molecule has 2 rings (SSSR count). The molecule has 0 saturated heterocycles. The minimum Gasteiger partial charge on any atom is -0.462 e. The summed E-state index contributed by atoms with van der Waals surface area (Å²) in [6, 6.07) is 14.8. The van der Waals surface area contributed by atoms with E-state index < -0.39 is 11.9 Å². The third-order valence-corrected chi connectivity index (χ3v) is 5.54. The first-order valence-corrected chi connectivity index (χ1v) is 11.7. The largest absolute Gasteiger partial charge is 0.462 e. The van der Waals surface area contributed by atoms with Crippen molar-refractivity contribution < 1.29 is 23.2 Å². The summed E-state index contributed by atoms with van der Waals surface area (Å²) >= 11 is 2.82. The van der Waals surface area contributed by atoms with Crippen LogP contribution in [0.25, 0.3) is 6.08 Å². The molecule has 0 atom stereocenters. The molecule has 0 bridgehead atoms. The molecule has 5 nitrogen and oxygen atoms in total. The van der Waals surface area contributed by atoms with Crippen molar-refractivity contribution in [3.8, 4) is 0 Å². The van der Waals surface area contributed by atoms with Crippen LogP contribution in [0, 0.1) is 0 Å². The molecular weight excluding hydrogens is 420 g/mol. The molecule has 2 aromatic carbocycles. The highest BCUT2D eigenvalue weighted by Crippen LogP contribution is 2.16. The van der Waals surface area contributed by atoms with E-state index in [1.54, 1.807) is 31.2 Å². The molecule has 0 saturated carbocycles. The Labute approximate surface area is 186 Å². The number of thioether (sulfide) groups is 1. The van der Waals surface area contributed by atoms with Gasteiger partial charge in [0.1, 0.15) is 0 Å². The van der Waals surface area contributed by atoms with Gasteiger partial charge in [-0.05, 0) is 30.2 Å². The Bertz CT molecular complexity index is 821. The molecule has 2 aromatic rings. The molecule has 0 radical (unpaired) electrons. The van der Waals surface area contributed by atoms with Crippen LogP contribution in [0.2, 0.25) is 0 Å². The number of benzene rings is 2. The van der Waals surface area contributed by atoms with Gasteiger partial charge < -0.3 is 13.7 Å². The van der Waals surface area contributed by atoms with E-state index in [-0.39, 0.29) is 17.7 Å². The quantitative estimate of drug-likeness (QED) is 0.236. The van der Waals surface area contributed by atoms with Gasteiger partial charge in [-0.2, -0.15) is 11.8 Å². The van der Waals surface area contributed by atoms with Gasteiger partial charge in [0.05, 0.1) is 48.7 Å². The molecule has 0 spiro atoms. The molecule has 160 valence electrons. The highest BCUT2D eigenvalue weighted by Gasteiger charge is 2.18. The molecule has 7 heteroatoms. The average molecular weight is 447 g/mol. The number of ether oxygens (including phenoxy) is 2. The first-order chi connectivity index (χ1) is 14.7. The molecule has 0 heterocycles. The summed E-state index contributed by atoms with van der Waals surface area (Å²) in [6.07, 6.45) is 1.83. The van der Waals surface area contributed by atoms with E-state index in [2.05, 4.69) is 30.8 Å². The van der Waals surface area contributed by atoms with E-state index in [1.165, 1.54) is 5.56 Å². The van der Waals surface area contributed by atoms with Gasteiger partial charge in [0.15, 0.2) is 0 Å². The van der Waals surface area contributed by atoms with Gasteiger partial charge in [-0.25, -0.2) is 9.59 Å². The van der Waals surface area contributed by atoms with Gasteiger partial charge in [-0.1, -0.05) is 49.1 Å². The number of carbonyl (C=O) groups is 2. The molecule has 0 fully saturated rings. The van der Waals surface area contributed by atoms with Crippen molar-refractivity contribution in [1.29, 1.82) is 0 Å². The van der Waals surface area contributed by atoms with E-state index in [9.17, 15) is 9.59 Å². The summed E-state index contributed by atoms with van der Waals surface area (Å²) in [5, 5.41) is 0. The Morgan fingerprint density at radius 1 is 0.967 bits per heavy atom. The zero-order chi connectivity index (χ0) is 21.6. The fraction of sp³-hybridized carbons (Fsp3) is 0.304. The van der Waals surface area contributed by atoms with Crippen LogP contribution >= 0.6 is 23.8 Å². The lowest BCUT2D eigenvalue weighted by molar-refractivity contribution is 0.0518. The Kier molecular flexibility index (Phi) is 11.1. The van der Waals surface area contributed by atoms with Crippen molar-refractivity contribution in [2.75, 3.05) is 31.3 Å². The molecule has 0 aliphatic carbocycles. The Hall–Kier alpha value is -2.22. The van der Waals surface area contributed by atoms with E-state index in [0.717, 1.165) is 29.1 Å². The molecule has 0 N–H and O–H groups in total. The van der Waals surface area contributed by atoms with Crippen molar-refractivity contribution in [2.45, 2.75) is 12.7 Å². The first-order valence-electron chi connectivity index (χ1n) is 9.62. The molecule has 0 unspecified atom stereocenters. The molecule has 30 heavy (non-hydrogen) atoms. The summed E-state index contributed by atoms with van der Waals surface area (Å²) in [4.78, 5) is 24.2. The second-order valence-corrected chi connectivity index (χ2v) is 7.99. The number of carbonyl (C=O) groups excluding carboxylic acids is 2. The van der Waals surface area contributed by atoms with Crippen LogP contribution in [0.4, 0.5) is 0 Å². The number of hydrogen-bond donors (Lipinski definition) is 0. The van der Waals surface area contributed by atoms with Crippen molar-refractivity contribution in [3.63, 3.8) is 0 Å². The Balaban J connectivity index is 1.58. The Morgan fingerprint density at radius 2 is 1.63 bits per heavy atom. The SMILES string of the molecule is C=Cc1ccc(CSCCOCCSOC(=O)c2ccccc2C(=O)OCC)cc1. The van der Waals surface area contributed by atoms with E-state index in [0.29, 0.717) is 19.0 Å². The van der Waals surface area contributed by atoms with Gasteiger partial charge in [0.2, 0.25) is 0 Å². The van der Waals surface area contributed by atoms with Gasteiger partial charge >= 0.3 is 11.9 Å². The molecule has 0 amide bonds.